The van der Waals surface area contributed by atoms with Gasteiger partial charge in [-0.15, -0.1) is 0 Å². The van der Waals surface area contributed by atoms with E-state index in [0.29, 0.717) is 11.1 Å². The monoisotopic (exact) mass is 446 g/mol. The van der Waals surface area contributed by atoms with Gasteiger partial charge in [-0.25, -0.2) is 0 Å². The van der Waals surface area contributed by atoms with Crippen LogP contribution >= 0.6 is 0 Å². The maximum absolute atomic E-state index is 9.71. The zero-order valence-corrected chi connectivity index (χ0v) is 18.7. The topological polar surface area (TPSA) is 65.4 Å². The third-order valence-corrected chi connectivity index (χ3v) is 6.40. The van der Waals surface area contributed by atoms with Crippen molar-refractivity contribution in [1.29, 1.82) is 10.5 Å². The third-order valence-electron chi connectivity index (χ3n) is 6.40. The summed E-state index contributed by atoms with van der Waals surface area (Å²) in [5.74, 6) is 0. The average Bonchev–Trinajstić information content (AvgIpc) is 3.26. The first-order chi connectivity index (χ1) is 17.3. The van der Waals surface area contributed by atoms with E-state index in [1.54, 1.807) is 12.4 Å². The number of fused-ring (bicyclic) bond motifs is 3. The minimum atomic E-state index is 0.540. The highest BCUT2D eigenvalue weighted by Gasteiger charge is 2.18. The lowest BCUT2D eigenvalue weighted by Gasteiger charge is -2.17. The Balaban J connectivity index is 1.68. The summed E-state index contributed by atoms with van der Waals surface area (Å²) in [5, 5.41) is 21.3. The molecule has 0 aliphatic rings. The van der Waals surface area contributed by atoms with Gasteiger partial charge in [-0.1, -0.05) is 60.7 Å². The van der Waals surface area contributed by atoms with Crippen LogP contribution in [-0.4, -0.2) is 9.55 Å². The molecule has 0 radical (unpaired) electrons. The third kappa shape index (κ3) is 3.25. The largest absolute Gasteiger partial charge is 0.309 e. The maximum Gasteiger partial charge on any atom is 0.101 e. The fourth-order valence-electron chi connectivity index (χ4n) is 4.87. The van der Waals surface area contributed by atoms with Crippen molar-refractivity contribution < 1.29 is 0 Å². The molecule has 0 spiro atoms. The molecule has 162 valence electrons. The van der Waals surface area contributed by atoms with Gasteiger partial charge in [-0.05, 0) is 47.5 Å². The molecule has 6 aromatic rings. The van der Waals surface area contributed by atoms with Gasteiger partial charge in [0.15, 0.2) is 0 Å². The molecule has 0 fully saturated rings. The first-order valence-corrected chi connectivity index (χ1v) is 11.3. The molecule has 2 aromatic heterocycles. The summed E-state index contributed by atoms with van der Waals surface area (Å²) in [4.78, 5) is 4.14. The quantitative estimate of drug-likeness (QED) is 0.287. The van der Waals surface area contributed by atoms with Gasteiger partial charge in [0.1, 0.15) is 6.07 Å². The van der Waals surface area contributed by atoms with Gasteiger partial charge in [-0.2, -0.15) is 10.5 Å². The van der Waals surface area contributed by atoms with Crippen LogP contribution in [0.5, 0.6) is 0 Å². The molecule has 2 heterocycles. The van der Waals surface area contributed by atoms with Gasteiger partial charge in [0, 0.05) is 34.3 Å². The molecule has 0 aliphatic heterocycles. The smallest absolute Gasteiger partial charge is 0.101 e. The molecule has 0 saturated carbocycles. The number of rotatable bonds is 3. The molecule has 35 heavy (non-hydrogen) atoms. The normalized spacial score (nSPS) is 10.8. The van der Waals surface area contributed by atoms with Crippen molar-refractivity contribution in [2.45, 2.75) is 0 Å². The fourth-order valence-corrected chi connectivity index (χ4v) is 4.87. The van der Waals surface area contributed by atoms with Gasteiger partial charge in [0.25, 0.3) is 0 Å². The van der Waals surface area contributed by atoms with Gasteiger partial charge in [0.05, 0.1) is 33.9 Å². The van der Waals surface area contributed by atoms with E-state index in [2.05, 4.69) is 52.0 Å². The standard InChI is InChI=1S/C31H18N4/c32-18-21-13-14-31-28(17-21)27-10-4-6-12-30(27)35(31)29-11-5-3-9-26(29)25-8-2-1-7-24(25)23-15-16-34-20-22(23)19-33/h1-17,20H. The Morgan fingerprint density at radius 2 is 1.29 bits per heavy atom. The molecule has 4 heteroatoms. The summed E-state index contributed by atoms with van der Waals surface area (Å²) in [6, 6.07) is 37.0. The lowest BCUT2D eigenvalue weighted by molar-refractivity contribution is 1.18. The van der Waals surface area contributed by atoms with Crippen LogP contribution in [0, 0.1) is 22.7 Å². The molecule has 0 atom stereocenters. The Morgan fingerprint density at radius 3 is 2.09 bits per heavy atom. The number of nitriles is 2. The first kappa shape index (κ1) is 20.4. The van der Waals surface area contributed by atoms with Crippen molar-refractivity contribution in [3.63, 3.8) is 0 Å². The molecule has 0 bridgehead atoms. The summed E-state index contributed by atoms with van der Waals surface area (Å²) in [7, 11) is 0. The van der Waals surface area contributed by atoms with Gasteiger partial charge >= 0.3 is 0 Å². The van der Waals surface area contributed by atoms with Crippen molar-refractivity contribution in [3.05, 3.63) is 121 Å². The molecule has 6 rings (SSSR count). The number of hydrogen-bond donors (Lipinski definition) is 0. The first-order valence-electron chi connectivity index (χ1n) is 11.3. The highest BCUT2D eigenvalue weighted by atomic mass is 15.0. The van der Waals surface area contributed by atoms with Crippen molar-refractivity contribution in [3.8, 4) is 40.1 Å². The lowest BCUT2D eigenvalue weighted by Crippen LogP contribution is -1.98. The van der Waals surface area contributed by atoms with E-state index in [-0.39, 0.29) is 0 Å². The van der Waals surface area contributed by atoms with Gasteiger partial charge < -0.3 is 4.57 Å². The summed E-state index contributed by atoms with van der Waals surface area (Å²) < 4.78 is 2.26. The average molecular weight is 447 g/mol. The Hall–Kier alpha value is -5.19. The molecule has 0 aliphatic carbocycles. The highest BCUT2D eigenvalue weighted by Crippen LogP contribution is 2.40. The molecule has 0 amide bonds. The summed E-state index contributed by atoms with van der Waals surface area (Å²) in [5.41, 5.74) is 8.24. The zero-order chi connectivity index (χ0) is 23.8. The van der Waals surface area contributed by atoms with E-state index >= 15 is 0 Å². The van der Waals surface area contributed by atoms with Crippen LogP contribution in [0.2, 0.25) is 0 Å². The Labute approximate surface area is 202 Å². The van der Waals surface area contributed by atoms with Crippen LogP contribution in [-0.2, 0) is 0 Å². The fraction of sp³-hybridized carbons (Fsp3) is 0. The van der Waals surface area contributed by atoms with Gasteiger partial charge in [-0.3, -0.25) is 4.98 Å². The maximum atomic E-state index is 9.71. The molecule has 4 aromatic carbocycles. The van der Waals surface area contributed by atoms with Crippen LogP contribution in [0.4, 0.5) is 0 Å². The molecular formula is C31H18N4. The van der Waals surface area contributed by atoms with E-state index < -0.39 is 0 Å². The molecule has 0 saturated heterocycles. The Kier molecular flexibility index (Phi) is 4.84. The lowest BCUT2D eigenvalue weighted by atomic mass is 9.92. The van der Waals surface area contributed by atoms with Crippen LogP contribution < -0.4 is 0 Å². The number of aromatic nitrogens is 2. The number of nitrogens with zero attached hydrogens (tertiary/aromatic N) is 4. The summed E-state index contributed by atoms with van der Waals surface area (Å²) in [6.07, 6.45) is 3.33. The summed E-state index contributed by atoms with van der Waals surface area (Å²) >= 11 is 0. The second-order valence-corrected chi connectivity index (χ2v) is 8.29. The number of hydrogen-bond acceptors (Lipinski definition) is 3. The highest BCUT2D eigenvalue weighted by molar-refractivity contribution is 6.10. The minimum Gasteiger partial charge on any atom is -0.309 e. The van der Waals surface area contributed by atoms with E-state index in [4.69, 9.17) is 0 Å². The number of benzene rings is 4. The zero-order valence-electron chi connectivity index (χ0n) is 18.7. The van der Waals surface area contributed by atoms with E-state index in [0.717, 1.165) is 49.7 Å². The van der Waals surface area contributed by atoms with Gasteiger partial charge in [0.2, 0.25) is 0 Å². The predicted octanol–water partition coefficient (Wildman–Crippen LogP) is 7.26. The van der Waals surface area contributed by atoms with E-state index in [9.17, 15) is 10.5 Å². The van der Waals surface area contributed by atoms with Crippen LogP contribution in [0.25, 0.3) is 49.7 Å². The van der Waals surface area contributed by atoms with E-state index in [1.165, 1.54) is 0 Å². The van der Waals surface area contributed by atoms with Crippen molar-refractivity contribution in [2.24, 2.45) is 0 Å². The SMILES string of the molecule is N#Cc1ccc2c(c1)c1ccccc1n2-c1ccccc1-c1ccccc1-c1ccncc1C#N. The van der Waals surface area contributed by atoms with E-state index in [1.807, 2.05) is 66.7 Å². The summed E-state index contributed by atoms with van der Waals surface area (Å²) in [6.45, 7) is 0. The Morgan fingerprint density at radius 1 is 0.600 bits per heavy atom. The van der Waals surface area contributed by atoms with Crippen molar-refractivity contribution >= 4 is 21.8 Å². The second-order valence-electron chi connectivity index (χ2n) is 8.29. The Bertz CT molecular complexity index is 1830. The van der Waals surface area contributed by atoms with Crippen molar-refractivity contribution in [1.82, 2.24) is 9.55 Å². The molecular weight excluding hydrogens is 428 g/mol. The van der Waals surface area contributed by atoms with Crippen molar-refractivity contribution in [2.75, 3.05) is 0 Å². The number of pyridine rings is 1. The van der Waals surface area contributed by atoms with Crippen LogP contribution in [0.1, 0.15) is 11.1 Å². The second kappa shape index (κ2) is 8.30. The predicted molar refractivity (Wildman–Crippen MR) is 139 cm³/mol. The van der Waals surface area contributed by atoms with Crippen LogP contribution in [0.3, 0.4) is 0 Å². The molecule has 0 N–H and O–H groups in total. The minimum absolute atomic E-state index is 0.540. The number of para-hydroxylation sites is 2. The molecule has 4 nitrogen and oxygen atoms in total. The van der Waals surface area contributed by atoms with Crippen LogP contribution in [0.15, 0.2) is 109 Å². The molecule has 0 unspecified atom stereocenters.